The van der Waals surface area contributed by atoms with Gasteiger partial charge in [-0.2, -0.15) is 0 Å². The van der Waals surface area contributed by atoms with Gasteiger partial charge in [-0.15, -0.1) is 12.4 Å². The Morgan fingerprint density at radius 3 is 2.71 bits per heavy atom. The van der Waals surface area contributed by atoms with Gasteiger partial charge in [0.15, 0.2) is 23.0 Å². The van der Waals surface area contributed by atoms with Gasteiger partial charge in [0.05, 0.1) is 25.9 Å². The van der Waals surface area contributed by atoms with Crippen molar-refractivity contribution in [2.24, 2.45) is 0 Å². The van der Waals surface area contributed by atoms with Crippen molar-refractivity contribution in [3.63, 3.8) is 0 Å². The molecule has 2 aromatic carbocycles. The van der Waals surface area contributed by atoms with Gasteiger partial charge in [-0.3, -0.25) is 0 Å². The van der Waals surface area contributed by atoms with Gasteiger partial charge in [-0.1, -0.05) is 12.1 Å². The summed E-state index contributed by atoms with van der Waals surface area (Å²) in [6.45, 7) is 0.974. The SMILES string of the molecule is COc1ccc(C2NCc3ccc4c(c3-n3cccc32)OCO4)cc1OC.Cl. The van der Waals surface area contributed by atoms with E-state index in [1.165, 1.54) is 5.56 Å². The Kier molecular flexibility index (Phi) is 4.83. The molecular formula is C21H21ClN2O4. The minimum absolute atomic E-state index is 0. The average Bonchev–Trinajstić information content (AvgIpc) is 3.35. The van der Waals surface area contributed by atoms with Crippen molar-refractivity contribution in [3.8, 4) is 28.7 Å². The van der Waals surface area contributed by atoms with Crippen molar-refractivity contribution in [2.75, 3.05) is 21.0 Å². The summed E-state index contributed by atoms with van der Waals surface area (Å²) in [4.78, 5) is 0. The molecule has 1 unspecified atom stereocenters. The summed E-state index contributed by atoms with van der Waals surface area (Å²) in [7, 11) is 3.30. The van der Waals surface area contributed by atoms with E-state index >= 15 is 0 Å². The van der Waals surface area contributed by atoms with E-state index in [2.05, 4.69) is 40.3 Å². The zero-order valence-corrected chi connectivity index (χ0v) is 16.4. The highest BCUT2D eigenvalue weighted by Gasteiger charge is 2.29. The van der Waals surface area contributed by atoms with E-state index in [0.29, 0.717) is 12.3 Å². The van der Waals surface area contributed by atoms with E-state index in [-0.39, 0.29) is 25.2 Å². The number of methoxy groups -OCH3 is 2. The number of nitrogens with one attached hydrogen (secondary N) is 1. The van der Waals surface area contributed by atoms with Crippen LogP contribution in [-0.4, -0.2) is 25.6 Å². The molecule has 1 aromatic heterocycles. The standard InChI is InChI=1S/C21H20N2O4.ClH/c1-24-16-7-5-13(10-18(16)25-2)19-15-4-3-9-23(15)20-14(11-22-19)6-8-17-21(20)27-12-26-17;/h3-10,19,22H,11-12H2,1-2H3;1H. The summed E-state index contributed by atoms with van der Waals surface area (Å²) in [6.07, 6.45) is 2.07. The number of nitrogens with zero attached hydrogens (tertiary/aromatic N) is 1. The molecule has 5 rings (SSSR count). The summed E-state index contributed by atoms with van der Waals surface area (Å²) in [5.74, 6) is 3.03. The molecule has 3 aromatic rings. The van der Waals surface area contributed by atoms with Crippen LogP contribution in [0, 0.1) is 0 Å². The molecular weight excluding hydrogens is 380 g/mol. The van der Waals surface area contributed by atoms with Crippen LogP contribution in [0.25, 0.3) is 5.69 Å². The summed E-state index contributed by atoms with van der Waals surface area (Å²) < 4.78 is 24.4. The van der Waals surface area contributed by atoms with Crippen LogP contribution in [0.4, 0.5) is 0 Å². The first-order chi connectivity index (χ1) is 13.3. The zero-order chi connectivity index (χ0) is 18.4. The van der Waals surface area contributed by atoms with Gasteiger partial charge in [0.25, 0.3) is 0 Å². The molecule has 0 spiro atoms. The monoisotopic (exact) mass is 400 g/mol. The van der Waals surface area contributed by atoms with Gasteiger partial charge in [-0.25, -0.2) is 0 Å². The topological polar surface area (TPSA) is 53.9 Å². The molecule has 146 valence electrons. The molecule has 1 atom stereocenters. The van der Waals surface area contributed by atoms with Gasteiger partial charge < -0.3 is 28.8 Å². The molecule has 28 heavy (non-hydrogen) atoms. The lowest BCUT2D eigenvalue weighted by Crippen LogP contribution is -2.21. The summed E-state index contributed by atoms with van der Waals surface area (Å²) >= 11 is 0. The largest absolute Gasteiger partial charge is 0.493 e. The Morgan fingerprint density at radius 1 is 1.04 bits per heavy atom. The van der Waals surface area contributed by atoms with Crippen molar-refractivity contribution < 1.29 is 18.9 Å². The van der Waals surface area contributed by atoms with Crippen molar-refractivity contribution >= 4 is 12.4 Å². The van der Waals surface area contributed by atoms with E-state index < -0.39 is 0 Å². The molecule has 0 radical (unpaired) electrons. The molecule has 2 aliphatic rings. The third-order valence-corrected chi connectivity index (χ3v) is 5.15. The number of fused-ring (bicyclic) bond motifs is 5. The maximum absolute atomic E-state index is 5.78. The van der Waals surface area contributed by atoms with Gasteiger partial charge in [-0.05, 0) is 41.5 Å². The van der Waals surface area contributed by atoms with E-state index in [4.69, 9.17) is 18.9 Å². The normalized spacial score (nSPS) is 16.4. The zero-order valence-electron chi connectivity index (χ0n) is 15.6. The molecule has 6 nitrogen and oxygen atoms in total. The van der Waals surface area contributed by atoms with Gasteiger partial charge in [0.1, 0.15) is 0 Å². The van der Waals surface area contributed by atoms with Crippen LogP contribution in [0.5, 0.6) is 23.0 Å². The number of ether oxygens (including phenoxy) is 4. The number of halogens is 1. The molecule has 2 aliphatic heterocycles. The number of rotatable bonds is 3. The van der Waals surface area contributed by atoms with Crippen molar-refractivity contribution in [2.45, 2.75) is 12.6 Å². The fraction of sp³-hybridized carbons (Fsp3) is 0.238. The van der Waals surface area contributed by atoms with Gasteiger partial charge >= 0.3 is 0 Å². The molecule has 3 heterocycles. The molecule has 0 bridgehead atoms. The maximum Gasteiger partial charge on any atom is 0.231 e. The van der Waals surface area contributed by atoms with Crippen molar-refractivity contribution in [1.82, 2.24) is 9.88 Å². The Bertz CT molecular complexity index is 1020. The molecule has 7 heteroatoms. The first-order valence-corrected chi connectivity index (χ1v) is 8.84. The van der Waals surface area contributed by atoms with E-state index in [9.17, 15) is 0 Å². The van der Waals surface area contributed by atoms with Crippen LogP contribution >= 0.6 is 12.4 Å². The van der Waals surface area contributed by atoms with Crippen molar-refractivity contribution in [1.29, 1.82) is 0 Å². The lowest BCUT2D eigenvalue weighted by Gasteiger charge is -2.19. The van der Waals surface area contributed by atoms with Crippen LogP contribution in [0.1, 0.15) is 22.9 Å². The maximum atomic E-state index is 5.78. The molecule has 0 saturated heterocycles. The molecule has 0 saturated carbocycles. The Labute approximate surface area is 169 Å². The van der Waals surface area contributed by atoms with Gasteiger partial charge in [0, 0.05) is 18.4 Å². The van der Waals surface area contributed by atoms with E-state index in [1.54, 1.807) is 14.2 Å². The minimum atomic E-state index is 0. The molecule has 0 fully saturated rings. The Balaban J connectivity index is 0.00000192. The molecule has 1 N–H and O–H groups in total. The van der Waals surface area contributed by atoms with Crippen molar-refractivity contribution in [3.05, 3.63) is 65.5 Å². The predicted molar refractivity (Wildman–Crippen MR) is 107 cm³/mol. The van der Waals surface area contributed by atoms with Crippen LogP contribution < -0.4 is 24.3 Å². The lowest BCUT2D eigenvalue weighted by molar-refractivity contribution is 0.173. The van der Waals surface area contributed by atoms with Crippen LogP contribution in [0.15, 0.2) is 48.7 Å². The minimum Gasteiger partial charge on any atom is -0.493 e. The van der Waals surface area contributed by atoms with Gasteiger partial charge in [0.2, 0.25) is 6.79 Å². The third-order valence-electron chi connectivity index (χ3n) is 5.15. The second-order valence-corrected chi connectivity index (χ2v) is 6.54. The predicted octanol–water partition coefficient (Wildman–Crippen LogP) is 3.84. The fourth-order valence-electron chi connectivity index (χ4n) is 3.88. The first-order valence-electron chi connectivity index (χ1n) is 8.84. The summed E-state index contributed by atoms with van der Waals surface area (Å²) in [6, 6.07) is 14.3. The number of hydrogen-bond donors (Lipinski definition) is 1. The lowest BCUT2D eigenvalue weighted by atomic mass is 10.0. The summed E-state index contributed by atoms with van der Waals surface area (Å²) in [5, 5.41) is 3.66. The summed E-state index contributed by atoms with van der Waals surface area (Å²) in [5.41, 5.74) is 4.44. The van der Waals surface area contributed by atoms with Crippen LogP contribution in [-0.2, 0) is 6.54 Å². The third kappa shape index (κ3) is 2.77. The number of hydrogen-bond acceptors (Lipinski definition) is 5. The number of aromatic nitrogens is 1. The molecule has 0 aliphatic carbocycles. The highest BCUT2D eigenvalue weighted by Crippen LogP contribution is 2.43. The fourth-order valence-corrected chi connectivity index (χ4v) is 3.88. The van der Waals surface area contributed by atoms with Crippen LogP contribution in [0.3, 0.4) is 0 Å². The number of benzene rings is 2. The Morgan fingerprint density at radius 2 is 1.89 bits per heavy atom. The second kappa shape index (κ2) is 7.30. The highest BCUT2D eigenvalue weighted by molar-refractivity contribution is 5.85. The molecule has 0 amide bonds. The average molecular weight is 401 g/mol. The van der Waals surface area contributed by atoms with E-state index in [1.807, 2.05) is 18.2 Å². The highest BCUT2D eigenvalue weighted by atomic mass is 35.5. The van der Waals surface area contributed by atoms with E-state index in [0.717, 1.165) is 34.2 Å². The Hall–Kier alpha value is -2.83. The second-order valence-electron chi connectivity index (χ2n) is 6.54. The first kappa shape index (κ1) is 18.5. The smallest absolute Gasteiger partial charge is 0.231 e. The quantitative estimate of drug-likeness (QED) is 0.724. The van der Waals surface area contributed by atoms with Crippen LogP contribution in [0.2, 0.25) is 0 Å².